The topological polar surface area (TPSA) is 66.6 Å². The van der Waals surface area contributed by atoms with Gasteiger partial charge in [-0.3, -0.25) is 4.79 Å². The first-order valence-electron chi connectivity index (χ1n) is 6.16. The van der Waals surface area contributed by atoms with Gasteiger partial charge in [0.25, 0.3) is 0 Å². The van der Waals surface area contributed by atoms with Crippen LogP contribution in [0.3, 0.4) is 0 Å². The predicted octanol–water partition coefficient (Wildman–Crippen LogP) is 0.982. The third kappa shape index (κ3) is 4.10. The van der Waals surface area contributed by atoms with E-state index in [1.165, 1.54) is 0 Å². The molecule has 1 amide bonds. The highest BCUT2D eigenvalue weighted by molar-refractivity contribution is 5.82. The molecule has 0 bridgehead atoms. The molecule has 0 radical (unpaired) electrons. The van der Waals surface area contributed by atoms with Crippen LogP contribution in [0, 0.1) is 5.41 Å². The summed E-state index contributed by atoms with van der Waals surface area (Å²) in [6.45, 7) is 7.45. The maximum atomic E-state index is 12.3. The van der Waals surface area contributed by atoms with Gasteiger partial charge in [-0.25, -0.2) is 0 Å². The van der Waals surface area contributed by atoms with Gasteiger partial charge in [0.2, 0.25) is 5.91 Å². The monoisotopic (exact) mass is 230 g/mol. The average molecular weight is 230 g/mol. The fourth-order valence-electron chi connectivity index (χ4n) is 1.55. The molecule has 0 saturated heterocycles. The Balaban J connectivity index is 4.57. The zero-order valence-electron chi connectivity index (χ0n) is 10.8. The number of hydrogen-bond acceptors (Lipinski definition) is 3. The molecule has 0 aromatic carbocycles. The van der Waals surface area contributed by atoms with Gasteiger partial charge in [-0.2, -0.15) is 0 Å². The van der Waals surface area contributed by atoms with Crippen LogP contribution in [0.5, 0.6) is 0 Å². The number of carbonyl (C=O) groups excluding carboxylic acids is 1. The van der Waals surface area contributed by atoms with Gasteiger partial charge in [-0.15, -0.1) is 0 Å². The third-order valence-corrected chi connectivity index (χ3v) is 3.19. The number of unbranched alkanes of at least 4 members (excludes halogenated alkanes) is 1. The van der Waals surface area contributed by atoms with Crippen LogP contribution in [0.1, 0.15) is 40.0 Å². The van der Waals surface area contributed by atoms with E-state index in [-0.39, 0.29) is 12.5 Å². The number of amides is 1. The highest BCUT2D eigenvalue weighted by Crippen LogP contribution is 2.22. The zero-order chi connectivity index (χ0) is 12.6. The quantitative estimate of drug-likeness (QED) is 0.653. The number of nitrogens with zero attached hydrogens (tertiary/aromatic N) is 1. The summed E-state index contributed by atoms with van der Waals surface area (Å²) >= 11 is 0. The van der Waals surface area contributed by atoms with Crippen molar-refractivity contribution >= 4 is 5.91 Å². The summed E-state index contributed by atoms with van der Waals surface area (Å²) in [5.41, 5.74) is 5.19. The summed E-state index contributed by atoms with van der Waals surface area (Å²) in [7, 11) is 0. The second-order valence-electron chi connectivity index (χ2n) is 4.49. The van der Waals surface area contributed by atoms with Crippen molar-refractivity contribution < 1.29 is 9.90 Å². The molecule has 0 aromatic rings. The molecule has 0 aliphatic heterocycles. The summed E-state index contributed by atoms with van der Waals surface area (Å²) in [4.78, 5) is 14.0. The standard InChI is InChI=1S/C12H26N2O2/c1-4-6-7-14(8-9-15)11(16)12(3,5-2)10-13/h15H,4-10,13H2,1-3H3. The van der Waals surface area contributed by atoms with Crippen LogP contribution < -0.4 is 5.73 Å². The van der Waals surface area contributed by atoms with Gasteiger partial charge in [0.15, 0.2) is 0 Å². The van der Waals surface area contributed by atoms with Crippen molar-refractivity contribution in [1.82, 2.24) is 4.90 Å². The summed E-state index contributed by atoms with van der Waals surface area (Å²) in [6.07, 6.45) is 2.74. The molecule has 1 atom stereocenters. The second-order valence-corrected chi connectivity index (χ2v) is 4.49. The van der Waals surface area contributed by atoms with Crippen LogP contribution in [-0.2, 0) is 4.79 Å². The average Bonchev–Trinajstić information content (AvgIpc) is 2.32. The minimum Gasteiger partial charge on any atom is -0.395 e. The molecule has 0 rings (SSSR count). The molecule has 3 N–H and O–H groups in total. The fraction of sp³-hybridized carbons (Fsp3) is 0.917. The SMILES string of the molecule is CCCCN(CCO)C(=O)C(C)(CC)CN. The van der Waals surface area contributed by atoms with Crippen molar-refractivity contribution in [1.29, 1.82) is 0 Å². The number of aliphatic hydroxyl groups excluding tert-OH is 1. The molecular weight excluding hydrogens is 204 g/mol. The lowest BCUT2D eigenvalue weighted by atomic mass is 9.86. The molecule has 0 fully saturated rings. The van der Waals surface area contributed by atoms with E-state index >= 15 is 0 Å². The van der Waals surface area contributed by atoms with E-state index in [9.17, 15) is 4.79 Å². The largest absolute Gasteiger partial charge is 0.395 e. The molecule has 4 heteroatoms. The number of hydrogen-bond donors (Lipinski definition) is 2. The molecule has 1 unspecified atom stereocenters. The Labute approximate surface area is 98.8 Å². The van der Waals surface area contributed by atoms with Crippen LogP contribution in [0.4, 0.5) is 0 Å². The van der Waals surface area contributed by atoms with Crippen molar-refractivity contribution in [3.63, 3.8) is 0 Å². The van der Waals surface area contributed by atoms with Crippen LogP contribution in [0.25, 0.3) is 0 Å². The summed E-state index contributed by atoms with van der Waals surface area (Å²) in [5, 5.41) is 8.97. The lowest BCUT2D eigenvalue weighted by molar-refractivity contribution is -0.141. The minimum atomic E-state index is -0.483. The molecule has 4 nitrogen and oxygen atoms in total. The van der Waals surface area contributed by atoms with Crippen LogP contribution >= 0.6 is 0 Å². The van der Waals surface area contributed by atoms with E-state index in [2.05, 4.69) is 6.92 Å². The molecule has 16 heavy (non-hydrogen) atoms. The van der Waals surface area contributed by atoms with Gasteiger partial charge in [0.05, 0.1) is 12.0 Å². The third-order valence-electron chi connectivity index (χ3n) is 3.19. The Kier molecular flexibility index (Phi) is 7.34. The number of rotatable bonds is 8. The Morgan fingerprint density at radius 3 is 2.38 bits per heavy atom. The first-order chi connectivity index (χ1) is 7.55. The van der Waals surface area contributed by atoms with Gasteiger partial charge in [0, 0.05) is 19.6 Å². The molecule has 0 aliphatic rings. The van der Waals surface area contributed by atoms with E-state index in [4.69, 9.17) is 10.8 Å². The summed E-state index contributed by atoms with van der Waals surface area (Å²) < 4.78 is 0. The fourth-order valence-corrected chi connectivity index (χ4v) is 1.55. The van der Waals surface area contributed by atoms with Crippen molar-refractivity contribution in [2.75, 3.05) is 26.2 Å². The van der Waals surface area contributed by atoms with Crippen molar-refractivity contribution in [2.24, 2.45) is 11.1 Å². The highest BCUT2D eigenvalue weighted by Gasteiger charge is 2.33. The molecule has 0 heterocycles. The van der Waals surface area contributed by atoms with E-state index in [1.54, 1.807) is 4.90 Å². The Morgan fingerprint density at radius 1 is 1.38 bits per heavy atom. The Bertz CT molecular complexity index is 203. The van der Waals surface area contributed by atoms with E-state index < -0.39 is 5.41 Å². The van der Waals surface area contributed by atoms with Crippen LogP contribution in [-0.4, -0.2) is 42.2 Å². The molecule has 0 aliphatic carbocycles. The first kappa shape index (κ1) is 15.4. The summed E-state index contributed by atoms with van der Waals surface area (Å²) in [5.74, 6) is 0.0694. The number of aliphatic hydroxyl groups is 1. The van der Waals surface area contributed by atoms with Gasteiger partial charge in [-0.05, 0) is 19.8 Å². The van der Waals surface area contributed by atoms with Crippen LogP contribution in [0.2, 0.25) is 0 Å². The van der Waals surface area contributed by atoms with Crippen molar-refractivity contribution in [3.8, 4) is 0 Å². The van der Waals surface area contributed by atoms with E-state index in [0.717, 1.165) is 19.3 Å². The van der Waals surface area contributed by atoms with Gasteiger partial charge in [0.1, 0.15) is 0 Å². The van der Waals surface area contributed by atoms with E-state index in [1.807, 2.05) is 13.8 Å². The maximum absolute atomic E-state index is 12.3. The number of nitrogens with two attached hydrogens (primary N) is 1. The van der Waals surface area contributed by atoms with Crippen LogP contribution in [0.15, 0.2) is 0 Å². The minimum absolute atomic E-state index is 0.0137. The smallest absolute Gasteiger partial charge is 0.229 e. The maximum Gasteiger partial charge on any atom is 0.229 e. The van der Waals surface area contributed by atoms with Gasteiger partial charge >= 0.3 is 0 Å². The Morgan fingerprint density at radius 2 is 2.00 bits per heavy atom. The van der Waals surface area contributed by atoms with Gasteiger partial charge < -0.3 is 15.7 Å². The van der Waals surface area contributed by atoms with Crippen molar-refractivity contribution in [3.05, 3.63) is 0 Å². The second kappa shape index (κ2) is 7.63. The Hall–Kier alpha value is -0.610. The van der Waals surface area contributed by atoms with E-state index in [0.29, 0.717) is 19.6 Å². The lowest BCUT2D eigenvalue weighted by Gasteiger charge is -2.32. The molecule has 0 saturated carbocycles. The summed E-state index contributed by atoms with van der Waals surface area (Å²) in [6, 6.07) is 0. The zero-order valence-corrected chi connectivity index (χ0v) is 10.8. The molecular formula is C12H26N2O2. The molecule has 0 spiro atoms. The normalized spacial score (nSPS) is 14.6. The lowest BCUT2D eigenvalue weighted by Crippen LogP contribution is -2.47. The number of carbonyl (C=O) groups is 1. The predicted molar refractivity (Wildman–Crippen MR) is 66.0 cm³/mol. The highest BCUT2D eigenvalue weighted by atomic mass is 16.3. The van der Waals surface area contributed by atoms with Gasteiger partial charge in [-0.1, -0.05) is 20.3 Å². The molecule has 96 valence electrons. The molecule has 0 aromatic heterocycles. The first-order valence-corrected chi connectivity index (χ1v) is 6.16. The van der Waals surface area contributed by atoms with Crippen molar-refractivity contribution in [2.45, 2.75) is 40.0 Å².